The Morgan fingerprint density at radius 1 is 1.45 bits per heavy atom. The third-order valence-electron chi connectivity index (χ3n) is 1.57. The second-order valence-corrected chi connectivity index (χ2v) is 2.74. The summed E-state index contributed by atoms with van der Waals surface area (Å²) in [7, 11) is 0. The van der Waals surface area contributed by atoms with Crippen molar-refractivity contribution >= 4 is 0 Å². The summed E-state index contributed by atoms with van der Waals surface area (Å²) in [5, 5.41) is 9.04. The fraction of sp³-hybridized carbons (Fsp3) is 0.778. The largest absolute Gasteiger partial charge is 0.391 e. The van der Waals surface area contributed by atoms with Crippen molar-refractivity contribution in [1.29, 1.82) is 0 Å². The normalized spacial score (nSPS) is 14.1. The molecule has 0 heterocycles. The standard InChI is InChI=1S/C9H19NO/c1-2-3-4-5-6-7-9(11)8-10/h5-6,9,11H,2-4,7-8,10H2,1H3/b6-5+. The van der Waals surface area contributed by atoms with Crippen molar-refractivity contribution in [2.75, 3.05) is 6.54 Å². The van der Waals surface area contributed by atoms with E-state index in [1.165, 1.54) is 12.8 Å². The van der Waals surface area contributed by atoms with E-state index in [9.17, 15) is 0 Å². The second-order valence-electron chi connectivity index (χ2n) is 2.74. The zero-order valence-electron chi connectivity index (χ0n) is 7.29. The molecule has 0 fully saturated rings. The van der Waals surface area contributed by atoms with Gasteiger partial charge < -0.3 is 10.8 Å². The molecule has 66 valence electrons. The summed E-state index contributed by atoms with van der Waals surface area (Å²) in [5.41, 5.74) is 5.23. The minimum absolute atomic E-state index is 0.354. The van der Waals surface area contributed by atoms with Gasteiger partial charge in [-0.15, -0.1) is 0 Å². The molecule has 11 heavy (non-hydrogen) atoms. The van der Waals surface area contributed by atoms with Crippen LogP contribution in [0.2, 0.25) is 0 Å². The smallest absolute Gasteiger partial charge is 0.0696 e. The van der Waals surface area contributed by atoms with Gasteiger partial charge in [0.15, 0.2) is 0 Å². The molecule has 0 aliphatic carbocycles. The number of unbranched alkanes of at least 4 members (excludes halogenated alkanes) is 2. The monoisotopic (exact) mass is 157 g/mol. The van der Waals surface area contributed by atoms with Gasteiger partial charge in [-0.25, -0.2) is 0 Å². The van der Waals surface area contributed by atoms with Gasteiger partial charge in [-0.1, -0.05) is 31.9 Å². The molecule has 0 aromatic rings. The van der Waals surface area contributed by atoms with Crippen LogP contribution in [0.15, 0.2) is 12.2 Å². The molecule has 0 aliphatic rings. The Morgan fingerprint density at radius 2 is 2.18 bits per heavy atom. The molecule has 0 bridgehead atoms. The second kappa shape index (κ2) is 7.76. The highest BCUT2D eigenvalue weighted by atomic mass is 16.3. The van der Waals surface area contributed by atoms with Crippen molar-refractivity contribution in [3.8, 4) is 0 Å². The van der Waals surface area contributed by atoms with Crippen LogP contribution in [-0.2, 0) is 0 Å². The van der Waals surface area contributed by atoms with Gasteiger partial charge in [-0.3, -0.25) is 0 Å². The molecule has 2 nitrogen and oxygen atoms in total. The number of allylic oxidation sites excluding steroid dienone is 1. The number of hydrogen-bond donors (Lipinski definition) is 2. The fourth-order valence-electron chi connectivity index (χ4n) is 0.789. The van der Waals surface area contributed by atoms with Crippen LogP contribution < -0.4 is 5.73 Å². The quantitative estimate of drug-likeness (QED) is 0.452. The number of aliphatic hydroxyl groups is 1. The van der Waals surface area contributed by atoms with Crippen LogP contribution >= 0.6 is 0 Å². The van der Waals surface area contributed by atoms with Gasteiger partial charge in [-0.2, -0.15) is 0 Å². The molecular formula is C9H19NO. The Morgan fingerprint density at radius 3 is 2.73 bits per heavy atom. The lowest BCUT2D eigenvalue weighted by molar-refractivity contribution is 0.186. The van der Waals surface area contributed by atoms with E-state index in [0.29, 0.717) is 13.0 Å². The molecule has 0 saturated heterocycles. The summed E-state index contributed by atoms with van der Waals surface area (Å²) < 4.78 is 0. The van der Waals surface area contributed by atoms with E-state index in [4.69, 9.17) is 10.8 Å². The molecule has 0 aliphatic heterocycles. The van der Waals surface area contributed by atoms with Crippen LogP contribution in [0.1, 0.15) is 32.6 Å². The minimum Gasteiger partial charge on any atom is -0.391 e. The predicted molar refractivity (Wildman–Crippen MR) is 48.3 cm³/mol. The molecule has 2 heteroatoms. The molecule has 0 amide bonds. The Balaban J connectivity index is 3.15. The van der Waals surface area contributed by atoms with Crippen LogP contribution in [-0.4, -0.2) is 17.8 Å². The van der Waals surface area contributed by atoms with Crippen LogP contribution in [0, 0.1) is 0 Å². The molecule has 0 spiro atoms. The zero-order chi connectivity index (χ0) is 8.53. The first-order valence-corrected chi connectivity index (χ1v) is 4.34. The van der Waals surface area contributed by atoms with Crippen LogP contribution in [0.4, 0.5) is 0 Å². The molecular weight excluding hydrogens is 138 g/mol. The Kier molecular flexibility index (Phi) is 7.52. The molecule has 0 aromatic carbocycles. The summed E-state index contributed by atoms with van der Waals surface area (Å²) in [4.78, 5) is 0. The molecule has 1 atom stereocenters. The molecule has 1 unspecified atom stereocenters. The molecule has 0 rings (SSSR count). The van der Waals surface area contributed by atoms with E-state index < -0.39 is 0 Å². The van der Waals surface area contributed by atoms with E-state index in [-0.39, 0.29) is 6.10 Å². The molecule has 3 N–H and O–H groups in total. The van der Waals surface area contributed by atoms with E-state index in [0.717, 1.165) is 6.42 Å². The average Bonchev–Trinajstić information content (AvgIpc) is 2.04. The van der Waals surface area contributed by atoms with E-state index in [2.05, 4.69) is 13.0 Å². The predicted octanol–water partition coefficient (Wildman–Crippen LogP) is 1.44. The maximum Gasteiger partial charge on any atom is 0.0696 e. The first-order valence-electron chi connectivity index (χ1n) is 4.34. The lowest BCUT2D eigenvalue weighted by Gasteiger charge is -2.01. The van der Waals surface area contributed by atoms with Gasteiger partial charge >= 0.3 is 0 Å². The number of nitrogens with two attached hydrogens (primary N) is 1. The van der Waals surface area contributed by atoms with Gasteiger partial charge in [0.1, 0.15) is 0 Å². The van der Waals surface area contributed by atoms with Crippen LogP contribution in [0.5, 0.6) is 0 Å². The third-order valence-corrected chi connectivity index (χ3v) is 1.57. The molecule has 0 saturated carbocycles. The van der Waals surface area contributed by atoms with Crippen molar-refractivity contribution in [3.05, 3.63) is 12.2 Å². The van der Waals surface area contributed by atoms with Crippen molar-refractivity contribution in [2.45, 2.75) is 38.7 Å². The highest BCUT2D eigenvalue weighted by Crippen LogP contribution is 1.97. The Labute approximate surface area is 69.1 Å². The average molecular weight is 157 g/mol. The highest BCUT2D eigenvalue weighted by molar-refractivity contribution is 4.83. The first-order chi connectivity index (χ1) is 5.31. The Bertz CT molecular complexity index is 102. The van der Waals surface area contributed by atoms with Crippen molar-refractivity contribution < 1.29 is 5.11 Å². The topological polar surface area (TPSA) is 46.2 Å². The lowest BCUT2D eigenvalue weighted by atomic mass is 10.2. The number of hydrogen-bond acceptors (Lipinski definition) is 2. The van der Waals surface area contributed by atoms with Gasteiger partial charge in [0.25, 0.3) is 0 Å². The zero-order valence-corrected chi connectivity index (χ0v) is 7.29. The van der Waals surface area contributed by atoms with Gasteiger partial charge in [-0.05, 0) is 12.8 Å². The summed E-state index contributed by atoms with van der Waals surface area (Å²) in [6.45, 7) is 2.53. The van der Waals surface area contributed by atoms with Crippen molar-refractivity contribution in [3.63, 3.8) is 0 Å². The van der Waals surface area contributed by atoms with Crippen molar-refractivity contribution in [1.82, 2.24) is 0 Å². The van der Waals surface area contributed by atoms with Crippen LogP contribution in [0.3, 0.4) is 0 Å². The summed E-state index contributed by atoms with van der Waals surface area (Å²) >= 11 is 0. The van der Waals surface area contributed by atoms with Crippen molar-refractivity contribution in [2.24, 2.45) is 5.73 Å². The summed E-state index contributed by atoms with van der Waals surface area (Å²) in [5.74, 6) is 0. The fourth-order valence-corrected chi connectivity index (χ4v) is 0.789. The summed E-state index contributed by atoms with van der Waals surface area (Å²) in [6.07, 6.45) is 8.04. The Hall–Kier alpha value is -0.340. The lowest BCUT2D eigenvalue weighted by Crippen LogP contribution is -2.18. The van der Waals surface area contributed by atoms with Gasteiger partial charge in [0.05, 0.1) is 6.10 Å². The van der Waals surface area contributed by atoms with E-state index in [1.807, 2.05) is 6.08 Å². The van der Waals surface area contributed by atoms with E-state index >= 15 is 0 Å². The highest BCUT2D eigenvalue weighted by Gasteiger charge is 1.94. The molecule has 0 aromatic heterocycles. The molecule has 0 radical (unpaired) electrons. The first kappa shape index (κ1) is 10.7. The maximum atomic E-state index is 9.04. The number of rotatable bonds is 6. The third kappa shape index (κ3) is 7.56. The van der Waals surface area contributed by atoms with Gasteiger partial charge in [0.2, 0.25) is 0 Å². The number of aliphatic hydroxyl groups excluding tert-OH is 1. The van der Waals surface area contributed by atoms with Crippen LogP contribution in [0.25, 0.3) is 0 Å². The van der Waals surface area contributed by atoms with Gasteiger partial charge in [0, 0.05) is 6.54 Å². The maximum absolute atomic E-state index is 9.04. The SMILES string of the molecule is CCCC/C=C/CC(O)CN. The van der Waals surface area contributed by atoms with E-state index in [1.54, 1.807) is 0 Å². The minimum atomic E-state index is -0.354. The summed E-state index contributed by atoms with van der Waals surface area (Å²) in [6, 6.07) is 0.